The molecule has 1 aromatic carbocycles. The standard InChI is InChI=1S/C15H25N3/c1-13-9-17(2)12-15(8-16)18(10-13)11-14-6-4-3-5-7-14/h3-7,13,15H,8-12,16H2,1-2H3. The van der Waals surface area contributed by atoms with Gasteiger partial charge in [0.1, 0.15) is 0 Å². The summed E-state index contributed by atoms with van der Waals surface area (Å²) in [5.41, 5.74) is 7.34. The summed E-state index contributed by atoms with van der Waals surface area (Å²) >= 11 is 0. The monoisotopic (exact) mass is 247 g/mol. The maximum atomic E-state index is 5.96. The predicted molar refractivity (Wildman–Crippen MR) is 76.4 cm³/mol. The number of hydrogen-bond acceptors (Lipinski definition) is 3. The number of likely N-dealkylation sites (N-methyl/N-ethyl adjacent to an activating group) is 1. The van der Waals surface area contributed by atoms with Crippen LogP contribution in [-0.4, -0.2) is 49.1 Å². The Balaban J connectivity index is 2.08. The largest absolute Gasteiger partial charge is 0.329 e. The third-order valence-corrected chi connectivity index (χ3v) is 3.71. The van der Waals surface area contributed by atoms with Crippen LogP contribution in [0.4, 0.5) is 0 Å². The number of rotatable bonds is 3. The molecule has 1 saturated heterocycles. The van der Waals surface area contributed by atoms with Crippen LogP contribution in [0.2, 0.25) is 0 Å². The van der Waals surface area contributed by atoms with Gasteiger partial charge in [-0.15, -0.1) is 0 Å². The zero-order valence-corrected chi connectivity index (χ0v) is 11.5. The molecular weight excluding hydrogens is 222 g/mol. The minimum absolute atomic E-state index is 0.472. The van der Waals surface area contributed by atoms with E-state index in [2.05, 4.69) is 54.1 Å². The van der Waals surface area contributed by atoms with Crippen molar-refractivity contribution in [1.29, 1.82) is 0 Å². The van der Waals surface area contributed by atoms with Crippen LogP contribution in [0.1, 0.15) is 12.5 Å². The lowest BCUT2D eigenvalue weighted by Gasteiger charge is -2.30. The Labute approximate surface area is 111 Å². The molecule has 0 bridgehead atoms. The van der Waals surface area contributed by atoms with Crippen LogP contribution in [0.3, 0.4) is 0 Å². The molecule has 2 atom stereocenters. The summed E-state index contributed by atoms with van der Waals surface area (Å²) in [5.74, 6) is 0.704. The van der Waals surface area contributed by atoms with Gasteiger partial charge in [0.25, 0.3) is 0 Å². The molecule has 1 fully saturated rings. The zero-order valence-electron chi connectivity index (χ0n) is 11.5. The van der Waals surface area contributed by atoms with Crippen molar-refractivity contribution < 1.29 is 0 Å². The van der Waals surface area contributed by atoms with Crippen LogP contribution in [-0.2, 0) is 6.54 Å². The first-order chi connectivity index (χ1) is 8.69. The Morgan fingerprint density at radius 2 is 1.89 bits per heavy atom. The van der Waals surface area contributed by atoms with Gasteiger partial charge in [-0.25, -0.2) is 0 Å². The summed E-state index contributed by atoms with van der Waals surface area (Å²) in [7, 11) is 2.20. The van der Waals surface area contributed by atoms with E-state index < -0.39 is 0 Å². The van der Waals surface area contributed by atoms with Gasteiger partial charge in [-0.3, -0.25) is 4.90 Å². The van der Waals surface area contributed by atoms with E-state index >= 15 is 0 Å². The Morgan fingerprint density at radius 3 is 2.56 bits per heavy atom. The van der Waals surface area contributed by atoms with Crippen LogP contribution in [0.15, 0.2) is 30.3 Å². The van der Waals surface area contributed by atoms with Crippen molar-refractivity contribution in [3.8, 4) is 0 Å². The van der Waals surface area contributed by atoms with Crippen molar-refractivity contribution in [1.82, 2.24) is 9.80 Å². The second-order valence-corrected chi connectivity index (χ2v) is 5.63. The number of hydrogen-bond donors (Lipinski definition) is 1. The Hall–Kier alpha value is -0.900. The van der Waals surface area contributed by atoms with Crippen molar-refractivity contribution in [2.45, 2.75) is 19.5 Å². The third-order valence-electron chi connectivity index (χ3n) is 3.71. The van der Waals surface area contributed by atoms with Gasteiger partial charge in [0.15, 0.2) is 0 Å². The lowest BCUT2D eigenvalue weighted by atomic mass is 10.1. The summed E-state index contributed by atoms with van der Waals surface area (Å²) in [6.07, 6.45) is 0. The molecule has 0 saturated carbocycles. The van der Waals surface area contributed by atoms with Crippen LogP contribution in [0, 0.1) is 5.92 Å². The summed E-state index contributed by atoms with van der Waals surface area (Å²) in [4.78, 5) is 4.96. The summed E-state index contributed by atoms with van der Waals surface area (Å²) in [6, 6.07) is 11.2. The average Bonchev–Trinajstić information content (AvgIpc) is 2.48. The molecule has 18 heavy (non-hydrogen) atoms. The fourth-order valence-corrected chi connectivity index (χ4v) is 2.92. The maximum Gasteiger partial charge on any atom is 0.0349 e. The molecule has 1 aliphatic heterocycles. The SMILES string of the molecule is CC1CN(C)CC(CN)N(Cc2ccccc2)C1. The predicted octanol–water partition coefficient (Wildman–Crippen LogP) is 1.40. The van der Waals surface area contributed by atoms with E-state index in [1.165, 1.54) is 12.1 Å². The molecule has 2 unspecified atom stereocenters. The molecule has 0 spiro atoms. The van der Waals surface area contributed by atoms with Crippen LogP contribution < -0.4 is 5.73 Å². The van der Waals surface area contributed by atoms with Crippen molar-refractivity contribution in [2.75, 3.05) is 33.2 Å². The van der Waals surface area contributed by atoms with Gasteiger partial charge in [-0.1, -0.05) is 37.3 Å². The Kier molecular flexibility index (Phi) is 4.75. The molecule has 0 amide bonds. The molecule has 3 nitrogen and oxygen atoms in total. The van der Waals surface area contributed by atoms with E-state index in [0.29, 0.717) is 12.0 Å². The van der Waals surface area contributed by atoms with E-state index in [9.17, 15) is 0 Å². The molecule has 3 heteroatoms. The Morgan fingerprint density at radius 1 is 1.17 bits per heavy atom. The van der Waals surface area contributed by atoms with E-state index in [-0.39, 0.29) is 0 Å². The topological polar surface area (TPSA) is 32.5 Å². The first-order valence-electron chi connectivity index (χ1n) is 6.85. The van der Waals surface area contributed by atoms with Gasteiger partial charge >= 0.3 is 0 Å². The fraction of sp³-hybridized carbons (Fsp3) is 0.600. The van der Waals surface area contributed by atoms with Gasteiger partial charge in [-0.05, 0) is 18.5 Å². The molecule has 1 aromatic rings. The minimum Gasteiger partial charge on any atom is -0.329 e. The van der Waals surface area contributed by atoms with Gasteiger partial charge in [-0.2, -0.15) is 0 Å². The summed E-state index contributed by atoms with van der Waals surface area (Å²) in [5, 5.41) is 0. The van der Waals surface area contributed by atoms with Crippen molar-refractivity contribution in [3.63, 3.8) is 0 Å². The lowest BCUT2D eigenvalue weighted by molar-refractivity contribution is 0.178. The zero-order chi connectivity index (χ0) is 13.0. The van der Waals surface area contributed by atoms with E-state index in [0.717, 1.165) is 26.2 Å². The lowest BCUT2D eigenvalue weighted by Crippen LogP contribution is -2.44. The minimum atomic E-state index is 0.472. The molecule has 1 aliphatic rings. The van der Waals surface area contributed by atoms with Crippen LogP contribution >= 0.6 is 0 Å². The highest BCUT2D eigenvalue weighted by molar-refractivity contribution is 5.14. The Bertz CT molecular complexity index is 352. The highest BCUT2D eigenvalue weighted by atomic mass is 15.2. The van der Waals surface area contributed by atoms with Crippen molar-refractivity contribution in [3.05, 3.63) is 35.9 Å². The molecule has 2 N–H and O–H groups in total. The van der Waals surface area contributed by atoms with Crippen LogP contribution in [0.25, 0.3) is 0 Å². The molecule has 0 aromatic heterocycles. The molecule has 2 rings (SSSR count). The number of nitrogens with zero attached hydrogens (tertiary/aromatic N) is 2. The van der Waals surface area contributed by atoms with Crippen molar-refractivity contribution >= 4 is 0 Å². The average molecular weight is 247 g/mol. The molecule has 100 valence electrons. The van der Waals surface area contributed by atoms with Crippen molar-refractivity contribution in [2.24, 2.45) is 11.7 Å². The number of benzene rings is 1. The molecule has 1 heterocycles. The second kappa shape index (κ2) is 6.32. The van der Waals surface area contributed by atoms with E-state index in [4.69, 9.17) is 5.73 Å². The molecule has 0 radical (unpaired) electrons. The smallest absolute Gasteiger partial charge is 0.0349 e. The molecular formula is C15H25N3. The normalized spacial score (nSPS) is 27.1. The van der Waals surface area contributed by atoms with E-state index in [1.54, 1.807) is 0 Å². The summed E-state index contributed by atoms with van der Waals surface area (Å²) in [6.45, 7) is 7.47. The number of nitrogens with two attached hydrogens (primary N) is 1. The fourth-order valence-electron chi connectivity index (χ4n) is 2.92. The van der Waals surface area contributed by atoms with E-state index in [1.807, 2.05) is 0 Å². The third kappa shape index (κ3) is 3.55. The highest BCUT2D eigenvalue weighted by Gasteiger charge is 2.25. The highest BCUT2D eigenvalue weighted by Crippen LogP contribution is 2.16. The quantitative estimate of drug-likeness (QED) is 0.876. The van der Waals surface area contributed by atoms with Crippen LogP contribution in [0.5, 0.6) is 0 Å². The maximum absolute atomic E-state index is 5.96. The first kappa shape index (κ1) is 13.5. The van der Waals surface area contributed by atoms with Gasteiger partial charge < -0.3 is 10.6 Å². The van der Waals surface area contributed by atoms with Gasteiger partial charge in [0.05, 0.1) is 0 Å². The first-order valence-corrected chi connectivity index (χ1v) is 6.85. The van der Waals surface area contributed by atoms with Gasteiger partial charge in [0.2, 0.25) is 0 Å². The van der Waals surface area contributed by atoms with Gasteiger partial charge in [0, 0.05) is 38.8 Å². The molecule has 0 aliphatic carbocycles. The summed E-state index contributed by atoms with van der Waals surface area (Å²) < 4.78 is 0. The second-order valence-electron chi connectivity index (χ2n) is 5.63.